The zero-order chi connectivity index (χ0) is 32.1. The van der Waals surface area contributed by atoms with Gasteiger partial charge in [0.15, 0.2) is 0 Å². The Bertz CT molecular complexity index is 2040. The molecule has 0 saturated heterocycles. The summed E-state index contributed by atoms with van der Waals surface area (Å²) in [5.74, 6) is 0.743. The van der Waals surface area contributed by atoms with Crippen LogP contribution in [0.2, 0.25) is 0 Å². The summed E-state index contributed by atoms with van der Waals surface area (Å²) >= 11 is 14.1. The second-order valence-electron chi connectivity index (χ2n) is 11.4. The van der Waals surface area contributed by atoms with E-state index in [4.69, 9.17) is 32.7 Å². The molecule has 2 atom stereocenters. The van der Waals surface area contributed by atoms with Crippen LogP contribution in [0.5, 0.6) is 11.5 Å². The van der Waals surface area contributed by atoms with E-state index in [1.165, 1.54) is 6.92 Å². The molecule has 0 saturated carbocycles. The lowest BCUT2D eigenvalue weighted by atomic mass is 9.95. The molecule has 2 amide bonds. The topological polar surface area (TPSA) is 76.2 Å². The molecule has 4 aromatic carbocycles. The highest BCUT2D eigenvalue weighted by molar-refractivity contribution is 7.16. The molecular formula is C36H30Cl2N2O5S. The summed E-state index contributed by atoms with van der Waals surface area (Å²) < 4.78 is 11.6. The highest BCUT2D eigenvalue weighted by atomic mass is 35.5. The molecule has 1 aromatic heterocycles. The van der Waals surface area contributed by atoms with Crippen molar-refractivity contribution >= 4 is 85.2 Å². The fourth-order valence-electron chi connectivity index (χ4n) is 6.81. The summed E-state index contributed by atoms with van der Waals surface area (Å²) in [7, 11) is 0. The molecular weight excluding hydrogens is 643 g/mol. The van der Waals surface area contributed by atoms with Crippen LogP contribution in [-0.4, -0.2) is 49.2 Å². The first-order valence-electron chi connectivity index (χ1n) is 15.1. The summed E-state index contributed by atoms with van der Waals surface area (Å²) in [6, 6.07) is 22.8. The monoisotopic (exact) mass is 672 g/mol. The second-order valence-corrected chi connectivity index (χ2v) is 13.1. The Morgan fingerprint density at radius 3 is 1.65 bits per heavy atom. The number of fused-ring (bicyclic) bond motifs is 6. The number of thiophene rings is 1. The molecule has 5 aromatic rings. The minimum atomic E-state index is -0.447. The molecule has 0 radical (unpaired) electrons. The zero-order valence-corrected chi connectivity index (χ0v) is 27.5. The molecule has 46 heavy (non-hydrogen) atoms. The molecule has 234 valence electrons. The van der Waals surface area contributed by atoms with E-state index in [1.807, 2.05) is 61.5 Å². The number of benzene rings is 4. The van der Waals surface area contributed by atoms with Crippen molar-refractivity contribution in [1.29, 1.82) is 0 Å². The van der Waals surface area contributed by atoms with Gasteiger partial charge in [-0.15, -0.1) is 34.5 Å². The molecule has 7 nitrogen and oxygen atoms in total. The van der Waals surface area contributed by atoms with E-state index in [9.17, 15) is 14.4 Å². The fourth-order valence-corrected chi connectivity index (χ4v) is 8.22. The average Bonchev–Trinajstić information content (AvgIpc) is 3.80. The van der Waals surface area contributed by atoms with Crippen LogP contribution in [0.1, 0.15) is 56.2 Å². The second kappa shape index (κ2) is 12.2. The Hall–Kier alpha value is -4.11. The maximum absolute atomic E-state index is 14.1. The molecule has 0 spiro atoms. The van der Waals surface area contributed by atoms with Crippen LogP contribution >= 0.6 is 34.5 Å². The number of hydrogen-bond acceptors (Lipinski definition) is 6. The van der Waals surface area contributed by atoms with Crippen molar-refractivity contribution in [3.63, 3.8) is 0 Å². The summed E-state index contributed by atoms with van der Waals surface area (Å²) in [6.45, 7) is 4.58. The van der Waals surface area contributed by atoms with Gasteiger partial charge >= 0.3 is 5.97 Å². The summed E-state index contributed by atoms with van der Waals surface area (Å²) in [6.07, 6.45) is 0. The first-order chi connectivity index (χ1) is 22.3. The lowest BCUT2D eigenvalue weighted by Crippen LogP contribution is -2.30. The van der Waals surface area contributed by atoms with E-state index in [2.05, 4.69) is 0 Å². The van der Waals surface area contributed by atoms with Gasteiger partial charge in [-0.3, -0.25) is 14.4 Å². The largest absolute Gasteiger partial charge is 0.493 e. The number of carbonyl (C=O) groups is 3. The number of amides is 2. The minimum Gasteiger partial charge on any atom is -0.493 e. The number of alkyl halides is 2. The first-order valence-corrected chi connectivity index (χ1v) is 17.0. The predicted octanol–water partition coefficient (Wildman–Crippen LogP) is 8.34. The number of halogens is 2. The molecule has 0 unspecified atom stereocenters. The molecule has 2 aliphatic heterocycles. The van der Waals surface area contributed by atoms with Gasteiger partial charge in [0.05, 0.1) is 27.7 Å². The maximum Gasteiger partial charge on any atom is 0.308 e. The first kappa shape index (κ1) is 30.5. The van der Waals surface area contributed by atoms with Crippen LogP contribution in [-0.2, 0) is 4.79 Å². The van der Waals surface area contributed by atoms with Gasteiger partial charge in [-0.1, -0.05) is 48.5 Å². The van der Waals surface area contributed by atoms with Crippen molar-refractivity contribution in [2.24, 2.45) is 0 Å². The third kappa shape index (κ3) is 5.00. The molecule has 3 heterocycles. The van der Waals surface area contributed by atoms with Gasteiger partial charge < -0.3 is 19.3 Å². The zero-order valence-electron chi connectivity index (χ0n) is 25.2. The van der Waals surface area contributed by atoms with E-state index < -0.39 is 5.97 Å². The van der Waals surface area contributed by atoms with E-state index in [1.54, 1.807) is 28.0 Å². The van der Waals surface area contributed by atoms with Crippen molar-refractivity contribution in [1.82, 2.24) is 0 Å². The third-order valence-electron chi connectivity index (χ3n) is 8.70. The lowest BCUT2D eigenvalue weighted by molar-refractivity contribution is -0.131. The van der Waals surface area contributed by atoms with Crippen LogP contribution in [0.4, 0.5) is 11.4 Å². The van der Waals surface area contributed by atoms with E-state index >= 15 is 0 Å². The van der Waals surface area contributed by atoms with Gasteiger partial charge in [0.25, 0.3) is 11.8 Å². The van der Waals surface area contributed by atoms with Crippen LogP contribution in [0.25, 0.3) is 21.5 Å². The quantitative estimate of drug-likeness (QED) is 0.0987. The van der Waals surface area contributed by atoms with Crippen LogP contribution in [0.3, 0.4) is 0 Å². The van der Waals surface area contributed by atoms with Gasteiger partial charge in [0.1, 0.15) is 11.5 Å². The highest BCUT2D eigenvalue weighted by Gasteiger charge is 2.38. The number of esters is 1. The highest BCUT2D eigenvalue weighted by Crippen LogP contribution is 2.48. The fraction of sp³-hybridized carbons (Fsp3) is 0.250. The summed E-state index contributed by atoms with van der Waals surface area (Å²) in [4.78, 5) is 44.4. The Balaban J connectivity index is 1.24. The van der Waals surface area contributed by atoms with Crippen LogP contribution in [0.15, 0.2) is 72.8 Å². The van der Waals surface area contributed by atoms with Crippen molar-refractivity contribution < 1.29 is 23.9 Å². The number of ether oxygens (including phenoxy) is 2. The number of carbonyl (C=O) groups excluding carboxylic acids is 3. The lowest BCUT2D eigenvalue weighted by Gasteiger charge is -2.19. The van der Waals surface area contributed by atoms with Gasteiger partial charge in [0, 0.05) is 66.5 Å². The van der Waals surface area contributed by atoms with Gasteiger partial charge in [-0.25, -0.2) is 0 Å². The van der Waals surface area contributed by atoms with Crippen LogP contribution < -0.4 is 19.3 Å². The van der Waals surface area contributed by atoms with Crippen LogP contribution in [0, 0.1) is 0 Å². The smallest absolute Gasteiger partial charge is 0.308 e. The Kier molecular flexibility index (Phi) is 8.13. The molecule has 0 bridgehead atoms. The summed E-state index contributed by atoms with van der Waals surface area (Å²) in [5.41, 5.74) is 3.41. The minimum absolute atomic E-state index is 0.0444. The average molecular weight is 674 g/mol. The van der Waals surface area contributed by atoms with Crippen molar-refractivity contribution in [3.8, 4) is 11.5 Å². The number of nitrogens with zero attached hydrogens (tertiary/aromatic N) is 2. The van der Waals surface area contributed by atoms with E-state index in [-0.39, 0.29) is 23.7 Å². The van der Waals surface area contributed by atoms with Gasteiger partial charge in [0.2, 0.25) is 0 Å². The van der Waals surface area contributed by atoms with Crippen molar-refractivity contribution in [3.05, 3.63) is 93.7 Å². The molecule has 0 fully saturated rings. The molecule has 0 N–H and O–H groups in total. The standard InChI is InChI=1S/C36H30Cl2N2O5S/c1-3-44-29-14-27-33(25-10-6-4-8-23(25)29)21(16-37)18-39(27)35(42)31-12-13-32(46-31)36(43)40-19-22(17-38)34-26-11-7-5-9-24(26)30(15-28(34)40)45-20(2)41/h4-15,21-22H,3,16-19H2,1-2H3/t21-,22-/m1/s1. The molecule has 2 aliphatic rings. The maximum atomic E-state index is 14.1. The molecule has 10 heteroatoms. The SMILES string of the molecule is CCOc1cc2c(c3ccccc13)[C@H](CCl)CN2C(=O)c1ccc(C(=O)N2C[C@@H](CCl)c3c2cc(OC(C)=O)c2ccccc32)s1. The number of hydrogen-bond donors (Lipinski definition) is 0. The Morgan fingerprint density at radius 1 is 0.739 bits per heavy atom. The normalized spacial score (nSPS) is 17.0. The number of anilines is 2. The van der Waals surface area contributed by atoms with E-state index in [0.717, 1.165) is 49.7 Å². The van der Waals surface area contributed by atoms with Crippen molar-refractivity contribution in [2.75, 3.05) is 41.3 Å². The Morgan fingerprint density at radius 2 is 1.20 bits per heavy atom. The van der Waals surface area contributed by atoms with Crippen molar-refractivity contribution in [2.45, 2.75) is 25.7 Å². The third-order valence-corrected chi connectivity index (χ3v) is 10.5. The summed E-state index contributed by atoms with van der Waals surface area (Å²) in [5, 5.41) is 3.68. The van der Waals surface area contributed by atoms with Gasteiger partial charge in [-0.2, -0.15) is 0 Å². The number of rotatable bonds is 7. The van der Waals surface area contributed by atoms with E-state index in [0.29, 0.717) is 58.4 Å². The Labute approximate surface area is 280 Å². The molecule has 0 aliphatic carbocycles. The molecule has 7 rings (SSSR count). The predicted molar refractivity (Wildman–Crippen MR) is 185 cm³/mol. The van der Waals surface area contributed by atoms with Gasteiger partial charge in [-0.05, 0) is 41.0 Å².